The van der Waals surface area contributed by atoms with Crippen molar-refractivity contribution in [3.63, 3.8) is 0 Å². The molecule has 11 heteroatoms. The SMILES string of the molecule is CCc1cc(Nc2cc(NC(C)=O)ncc2-c2ncc(CN3CCCC3)cc2F)nc(C(C)(F)F)n1. The Bertz CT molecular complexity index is 1260. The molecular weight excluding hydrogens is 471 g/mol. The summed E-state index contributed by atoms with van der Waals surface area (Å²) in [6.07, 6.45) is 5.66. The van der Waals surface area contributed by atoms with Crippen molar-refractivity contribution in [3.05, 3.63) is 53.5 Å². The second-order valence-electron chi connectivity index (χ2n) is 8.89. The molecule has 0 atom stereocenters. The molecule has 4 rings (SSSR count). The molecule has 0 bridgehead atoms. The molecule has 1 fully saturated rings. The molecule has 0 unspecified atom stereocenters. The fourth-order valence-corrected chi connectivity index (χ4v) is 4.03. The van der Waals surface area contributed by atoms with E-state index in [-0.39, 0.29) is 28.8 Å². The molecule has 1 amide bonds. The summed E-state index contributed by atoms with van der Waals surface area (Å²) in [5.41, 5.74) is 1.79. The van der Waals surface area contributed by atoms with Crippen LogP contribution < -0.4 is 10.6 Å². The third kappa shape index (κ3) is 6.14. The number of likely N-dealkylation sites (tertiary alicyclic amines) is 1. The molecule has 1 aliphatic heterocycles. The third-order valence-electron chi connectivity index (χ3n) is 5.76. The molecular formula is C25H28F3N7O. The van der Waals surface area contributed by atoms with E-state index < -0.39 is 17.6 Å². The van der Waals surface area contributed by atoms with Crippen LogP contribution in [0.15, 0.2) is 30.6 Å². The topological polar surface area (TPSA) is 95.9 Å². The lowest BCUT2D eigenvalue weighted by atomic mass is 10.1. The highest BCUT2D eigenvalue weighted by Crippen LogP contribution is 2.33. The zero-order valence-electron chi connectivity index (χ0n) is 20.4. The minimum atomic E-state index is -3.25. The monoisotopic (exact) mass is 499 g/mol. The lowest BCUT2D eigenvalue weighted by molar-refractivity contribution is -0.114. The second kappa shape index (κ2) is 10.6. The Morgan fingerprint density at radius 1 is 1.08 bits per heavy atom. The fourth-order valence-electron chi connectivity index (χ4n) is 4.03. The number of alkyl halides is 2. The zero-order valence-corrected chi connectivity index (χ0v) is 20.4. The standard InChI is InChI=1S/C25H28F3N7O/c1-4-17-10-22(34-24(32-17)25(3,27)28)33-20-11-21(31-15(2)36)29-13-18(20)23-19(26)9-16(12-30-23)14-35-7-5-6-8-35/h9-13H,4-8,14H2,1-3H3,(H2,29,31,32,33,34,36). The highest BCUT2D eigenvalue weighted by molar-refractivity contribution is 5.89. The van der Waals surface area contributed by atoms with E-state index in [0.29, 0.717) is 24.3 Å². The van der Waals surface area contributed by atoms with Crippen LogP contribution in [0.25, 0.3) is 11.3 Å². The molecule has 1 saturated heterocycles. The number of aryl methyl sites for hydroxylation is 1. The van der Waals surface area contributed by atoms with Crippen molar-refractivity contribution in [2.45, 2.75) is 52.5 Å². The first kappa shape index (κ1) is 25.5. The lowest BCUT2D eigenvalue weighted by Gasteiger charge is -2.17. The average Bonchev–Trinajstić information content (AvgIpc) is 3.32. The van der Waals surface area contributed by atoms with Gasteiger partial charge in [-0.3, -0.25) is 14.7 Å². The van der Waals surface area contributed by atoms with Gasteiger partial charge in [-0.05, 0) is 44.0 Å². The Morgan fingerprint density at radius 3 is 2.47 bits per heavy atom. The van der Waals surface area contributed by atoms with Crippen molar-refractivity contribution >= 4 is 23.2 Å². The Morgan fingerprint density at radius 2 is 1.83 bits per heavy atom. The first-order valence-electron chi connectivity index (χ1n) is 11.8. The summed E-state index contributed by atoms with van der Waals surface area (Å²) >= 11 is 0. The van der Waals surface area contributed by atoms with E-state index in [1.807, 2.05) is 0 Å². The predicted octanol–water partition coefficient (Wildman–Crippen LogP) is 5.04. The molecule has 36 heavy (non-hydrogen) atoms. The molecule has 0 aromatic carbocycles. The second-order valence-corrected chi connectivity index (χ2v) is 8.89. The van der Waals surface area contributed by atoms with Gasteiger partial charge >= 0.3 is 5.92 Å². The number of amides is 1. The van der Waals surface area contributed by atoms with Crippen LogP contribution >= 0.6 is 0 Å². The van der Waals surface area contributed by atoms with Gasteiger partial charge in [-0.2, -0.15) is 8.78 Å². The summed E-state index contributed by atoms with van der Waals surface area (Å²) in [4.78, 5) is 30.2. The van der Waals surface area contributed by atoms with Crippen molar-refractivity contribution in [2.75, 3.05) is 23.7 Å². The summed E-state index contributed by atoms with van der Waals surface area (Å²) in [5.74, 6) is -4.46. The average molecular weight is 500 g/mol. The number of halogens is 3. The molecule has 4 heterocycles. The third-order valence-corrected chi connectivity index (χ3v) is 5.76. The largest absolute Gasteiger partial charge is 0.339 e. The highest BCUT2D eigenvalue weighted by atomic mass is 19.3. The maximum atomic E-state index is 15.2. The van der Waals surface area contributed by atoms with Gasteiger partial charge in [0.05, 0.1) is 5.69 Å². The van der Waals surface area contributed by atoms with Gasteiger partial charge in [0.2, 0.25) is 11.7 Å². The summed E-state index contributed by atoms with van der Waals surface area (Å²) < 4.78 is 43.3. The molecule has 3 aromatic rings. The number of pyridine rings is 2. The number of anilines is 3. The van der Waals surface area contributed by atoms with Gasteiger partial charge in [-0.25, -0.2) is 19.3 Å². The Labute approximate surface area is 207 Å². The molecule has 0 saturated carbocycles. The fraction of sp³-hybridized carbons (Fsp3) is 0.400. The van der Waals surface area contributed by atoms with E-state index in [9.17, 15) is 13.6 Å². The van der Waals surface area contributed by atoms with Gasteiger partial charge in [-0.1, -0.05) is 6.92 Å². The van der Waals surface area contributed by atoms with E-state index in [0.717, 1.165) is 38.4 Å². The number of nitrogens with zero attached hydrogens (tertiary/aromatic N) is 5. The number of rotatable bonds is 8. The van der Waals surface area contributed by atoms with Crippen LogP contribution in [-0.4, -0.2) is 43.8 Å². The number of aromatic nitrogens is 4. The minimum Gasteiger partial charge on any atom is -0.339 e. The molecule has 3 aromatic heterocycles. The minimum absolute atomic E-state index is 0.0374. The van der Waals surface area contributed by atoms with E-state index in [1.54, 1.807) is 19.2 Å². The van der Waals surface area contributed by atoms with Crippen LogP contribution in [0.3, 0.4) is 0 Å². The van der Waals surface area contributed by atoms with Gasteiger partial charge in [0, 0.05) is 56.2 Å². The van der Waals surface area contributed by atoms with Crippen molar-refractivity contribution < 1.29 is 18.0 Å². The summed E-state index contributed by atoms with van der Waals surface area (Å²) in [6.45, 7) is 6.41. The molecule has 190 valence electrons. The van der Waals surface area contributed by atoms with Gasteiger partial charge in [0.1, 0.15) is 23.1 Å². The lowest BCUT2D eigenvalue weighted by Crippen LogP contribution is -2.18. The number of carbonyl (C=O) groups excluding carboxylic acids is 1. The molecule has 0 radical (unpaired) electrons. The number of carbonyl (C=O) groups is 1. The van der Waals surface area contributed by atoms with E-state index in [2.05, 4.69) is 35.5 Å². The van der Waals surface area contributed by atoms with E-state index in [1.165, 1.54) is 25.3 Å². The molecule has 0 aliphatic carbocycles. The van der Waals surface area contributed by atoms with Crippen molar-refractivity contribution in [2.24, 2.45) is 0 Å². The number of hydrogen-bond acceptors (Lipinski definition) is 7. The van der Waals surface area contributed by atoms with Crippen LogP contribution in [0, 0.1) is 5.82 Å². The first-order chi connectivity index (χ1) is 17.1. The van der Waals surface area contributed by atoms with Crippen LogP contribution in [0.2, 0.25) is 0 Å². The maximum Gasteiger partial charge on any atom is 0.303 e. The summed E-state index contributed by atoms with van der Waals surface area (Å²) in [5, 5.41) is 5.55. The van der Waals surface area contributed by atoms with E-state index in [4.69, 9.17) is 0 Å². The Kier molecular flexibility index (Phi) is 7.48. The Balaban J connectivity index is 1.73. The Hall–Kier alpha value is -3.60. The van der Waals surface area contributed by atoms with Crippen LogP contribution in [-0.2, 0) is 23.7 Å². The van der Waals surface area contributed by atoms with Crippen LogP contribution in [0.4, 0.5) is 30.5 Å². The van der Waals surface area contributed by atoms with Gasteiger partial charge in [-0.15, -0.1) is 0 Å². The molecule has 1 aliphatic rings. The normalized spacial score (nSPS) is 14.2. The smallest absolute Gasteiger partial charge is 0.303 e. The number of hydrogen-bond donors (Lipinski definition) is 2. The highest BCUT2D eigenvalue weighted by Gasteiger charge is 2.29. The maximum absolute atomic E-state index is 15.2. The van der Waals surface area contributed by atoms with Crippen molar-refractivity contribution in [1.29, 1.82) is 0 Å². The van der Waals surface area contributed by atoms with Crippen molar-refractivity contribution in [1.82, 2.24) is 24.8 Å². The summed E-state index contributed by atoms with van der Waals surface area (Å²) in [6, 6.07) is 4.47. The van der Waals surface area contributed by atoms with Gasteiger partial charge in [0.25, 0.3) is 0 Å². The first-order valence-corrected chi connectivity index (χ1v) is 11.8. The molecule has 2 N–H and O–H groups in total. The zero-order chi connectivity index (χ0) is 25.9. The predicted molar refractivity (Wildman–Crippen MR) is 131 cm³/mol. The van der Waals surface area contributed by atoms with E-state index >= 15 is 4.39 Å². The summed E-state index contributed by atoms with van der Waals surface area (Å²) in [7, 11) is 0. The number of nitrogens with one attached hydrogen (secondary N) is 2. The van der Waals surface area contributed by atoms with Crippen molar-refractivity contribution in [3.8, 4) is 11.3 Å². The molecule has 8 nitrogen and oxygen atoms in total. The quantitative estimate of drug-likeness (QED) is 0.448. The van der Waals surface area contributed by atoms with Crippen LogP contribution in [0.1, 0.15) is 50.7 Å². The molecule has 0 spiro atoms. The van der Waals surface area contributed by atoms with Gasteiger partial charge in [0.15, 0.2) is 0 Å². The van der Waals surface area contributed by atoms with Crippen LogP contribution in [0.5, 0.6) is 0 Å². The van der Waals surface area contributed by atoms with Gasteiger partial charge < -0.3 is 10.6 Å².